The van der Waals surface area contributed by atoms with Crippen molar-refractivity contribution < 1.29 is 9.47 Å². The van der Waals surface area contributed by atoms with E-state index in [1.54, 1.807) is 20.4 Å². The summed E-state index contributed by atoms with van der Waals surface area (Å²) < 4.78 is 11.3. The number of nitrogens with zero attached hydrogens (tertiary/aromatic N) is 1. The number of methoxy groups -OCH3 is 2. The highest BCUT2D eigenvalue weighted by atomic mass is 79.9. The fourth-order valence-corrected chi connectivity index (χ4v) is 2.31. The van der Waals surface area contributed by atoms with Gasteiger partial charge in [0, 0.05) is 42.5 Å². The Hall–Kier alpha value is -1.37. The molecule has 6 heteroatoms. The fraction of sp³-hybridized carbons (Fsp3) is 0.357. The minimum absolute atomic E-state index is 0.0111. The van der Waals surface area contributed by atoms with Crippen molar-refractivity contribution in [3.05, 3.63) is 28.9 Å². The van der Waals surface area contributed by atoms with Crippen LogP contribution in [0.5, 0.6) is 0 Å². The Labute approximate surface area is 126 Å². The molecule has 5 nitrogen and oxygen atoms in total. The van der Waals surface area contributed by atoms with Gasteiger partial charge in [0.2, 0.25) is 0 Å². The van der Waals surface area contributed by atoms with Gasteiger partial charge in [-0.1, -0.05) is 0 Å². The third-order valence-electron chi connectivity index (χ3n) is 3.06. The highest BCUT2D eigenvalue weighted by Crippen LogP contribution is 2.28. The lowest BCUT2D eigenvalue weighted by molar-refractivity contribution is 0.0366. The largest absolute Gasteiger partial charge is 0.398 e. The molecule has 108 valence electrons. The van der Waals surface area contributed by atoms with Gasteiger partial charge in [0.25, 0.3) is 0 Å². The summed E-state index contributed by atoms with van der Waals surface area (Å²) in [5.74, 6) is 0. The number of fused-ring (bicyclic) bond motifs is 1. The number of nitrogens with one attached hydrogen (secondary N) is 1. The lowest BCUT2D eigenvalue weighted by Gasteiger charge is -2.17. The summed E-state index contributed by atoms with van der Waals surface area (Å²) in [4.78, 5) is 4.43. The quantitative estimate of drug-likeness (QED) is 0.792. The Bertz CT molecular complexity index is 592. The number of nitrogens with two attached hydrogens (primary N) is 1. The van der Waals surface area contributed by atoms with E-state index in [4.69, 9.17) is 15.2 Å². The van der Waals surface area contributed by atoms with Crippen LogP contribution in [-0.4, -0.2) is 38.5 Å². The lowest BCUT2D eigenvalue weighted by Crippen LogP contribution is -2.26. The van der Waals surface area contributed by atoms with Crippen LogP contribution in [0.15, 0.2) is 28.9 Å². The summed E-state index contributed by atoms with van der Waals surface area (Å²) in [6, 6.07) is 5.76. The van der Waals surface area contributed by atoms with Crippen LogP contribution in [0.4, 0.5) is 11.4 Å². The van der Waals surface area contributed by atoms with Gasteiger partial charge in [-0.25, -0.2) is 0 Å². The standard InChI is InChI=1S/C14H18BrN3O2/c1-19-8-10(20-2)7-17-13-4-3-12(16)11-5-9(15)6-18-14(11)13/h3-6,10,17H,7-8,16H2,1-2H3. The van der Waals surface area contributed by atoms with Crippen LogP contribution in [0.1, 0.15) is 0 Å². The molecule has 0 bridgehead atoms. The van der Waals surface area contributed by atoms with Gasteiger partial charge in [-0.3, -0.25) is 4.98 Å². The number of hydrogen-bond acceptors (Lipinski definition) is 5. The Morgan fingerprint density at radius 3 is 2.90 bits per heavy atom. The first kappa shape index (κ1) is 15.0. The van der Waals surface area contributed by atoms with Crippen LogP contribution in [-0.2, 0) is 9.47 Å². The molecule has 0 aliphatic heterocycles. The van der Waals surface area contributed by atoms with E-state index in [1.165, 1.54) is 0 Å². The average molecular weight is 340 g/mol. The van der Waals surface area contributed by atoms with Gasteiger partial charge in [0.15, 0.2) is 0 Å². The highest BCUT2D eigenvalue weighted by molar-refractivity contribution is 9.10. The van der Waals surface area contributed by atoms with E-state index in [-0.39, 0.29) is 6.10 Å². The number of benzene rings is 1. The molecule has 1 heterocycles. The molecule has 2 aromatic rings. The number of aromatic nitrogens is 1. The van der Waals surface area contributed by atoms with Crippen molar-refractivity contribution >= 4 is 38.2 Å². The van der Waals surface area contributed by atoms with Crippen molar-refractivity contribution in [1.82, 2.24) is 4.98 Å². The van der Waals surface area contributed by atoms with Crippen molar-refractivity contribution in [2.75, 3.05) is 38.4 Å². The van der Waals surface area contributed by atoms with E-state index in [0.29, 0.717) is 18.8 Å². The van der Waals surface area contributed by atoms with Gasteiger partial charge in [-0.2, -0.15) is 0 Å². The van der Waals surface area contributed by atoms with E-state index in [1.807, 2.05) is 18.2 Å². The van der Waals surface area contributed by atoms with Crippen molar-refractivity contribution in [3.8, 4) is 0 Å². The molecular formula is C14H18BrN3O2. The molecule has 1 unspecified atom stereocenters. The van der Waals surface area contributed by atoms with Crippen molar-refractivity contribution in [2.45, 2.75) is 6.10 Å². The lowest BCUT2D eigenvalue weighted by atomic mass is 10.1. The van der Waals surface area contributed by atoms with E-state index in [9.17, 15) is 0 Å². The molecule has 0 radical (unpaired) electrons. The second-order valence-electron chi connectivity index (χ2n) is 4.45. The fourth-order valence-electron chi connectivity index (χ4n) is 1.98. The molecule has 1 aromatic heterocycles. The summed E-state index contributed by atoms with van der Waals surface area (Å²) in [6.07, 6.45) is 1.75. The van der Waals surface area contributed by atoms with Crippen molar-refractivity contribution in [3.63, 3.8) is 0 Å². The van der Waals surface area contributed by atoms with Gasteiger partial charge < -0.3 is 20.5 Å². The zero-order valence-electron chi connectivity index (χ0n) is 11.5. The van der Waals surface area contributed by atoms with Crippen LogP contribution in [0, 0.1) is 0 Å². The van der Waals surface area contributed by atoms with Crippen molar-refractivity contribution in [1.29, 1.82) is 0 Å². The van der Waals surface area contributed by atoms with Crippen molar-refractivity contribution in [2.24, 2.45) is 0 Å². The molecule has 0 saturated carbocycles. The van der Waals surface area contributed by atoms with Gasteiger partial charge in [-0.05, 0) is 34.1 Å². The summed E-state index contributed by atoms with van der Waals surface area (Å²) in [5.41, 5.74) is 8.48. The first-order valence-corrected chi connectivity index (χ1v) is 7.04. The summed E-state index contributed by atoms with van der Waals surface area (Å²) in [5, 5.41) is 4.25. The van der Waals surface area contributed by atoms with Crippen LogP contribution >= 0.6 is 15.9 Å². The molecule has 0 spiro atoms. The highest BCUT2D eigenvalue weighted by Gasteiger charge is 2.10. The van der Waals surface area contributed by atoms with Gasteiger partial charge in [0.1, 0.15) is 0 Å². The third-order valence-corrected chi connectivity index (χ3v) is 3.49. The number of hydrogen-bond donors (Lipinski definition) is 2. The maximum Gasteiger partial charge on any atom is 0.0976 e. The Kier molecular flexibility index (Phi) is 5.17. The van der Waals surface area contributed by atoms with E-state index >= 15 is 0 Å². The first-order valence-electron chi connectivity index (χ1n) is 6.25. The van der Waals surface area contributed by atoms with E-state index in [0.717, 1.165) is 21.1 Å². The molecular weight excluding hydrogens is 322 g/mol. The molecule has 3 N–H and O–H groups in total. The topological polar surface area (TPSA) is 69.4 Å². The number of ether oxygens (including phenoxy) is 2. The zero-order chi connectivity index (χ0) is 14.5. The normalized spacial score (nSPS) is 12.6. The van der Waals surface area contributed by atoms with Crippen LogP contribution < -0.4 is 11.1 Å². The second-order valence-corrected chi connectivity index (χ2v) is 5.36. The van der Waals surface area contributed by atoms with Gasteiger partial charge in [-0.15, -0.1) is 0 Å². The SMILES string of the molecule is COCC(CNc1ccc(N)c2cc(Br)cnc12)OC. The smallest absolute Gasteiger partial charge is 0.0976 e. The Balaban J connectivity index is 2.24. The summed E-state index contributed by atoms with van der Waals surface area (Å²) in [6.45, 7) is 1.18. The molecule has 2 rings (SSSR count). The summed E-state index contributed by atoms with van der Waals surface area (Å²) in [7, 11) is 3.32. The number of nitrogen functional groups attached to an aromatic ring is 1. The maximum absolute atomic E-state index is 5.99. The van der Waals surface area contributed by atoms with Gasteiger partial charge in [0.05, 0.1) is 23.9 Å². The average Bonchev–Trinajstić information content (AvgIpc) is 2.45. The Morgan fingerprint density at radius 1 is 1.40 bits per heavy atom. The zero-order valence-corrected chi connectivity index (χ0v) is 13.1. The predicted octanol–water partition coefficient (Wildman–Crippen LogP) is 2.65. The molecule has 0 amide bonds. The van der Waals surface area contributed by atoms with Crippen LogP contribution in [0.25, 0.3) is 10.9 Å². The molecule has 1 atom stereocenters. The van der Waals surface area contributed by atoms with E-state index in [2.05, 4.69) is 26.2 Å². The minimum atomic E-state index is -0.0111. The molecule has 0 aliphatic rings. The Morgan fingerprint density at radius 2 is 2.20 bits per heavy atom. The molecule has 1 aromatic carbocycles. The third kappa shape index (κ3) is 3.39. The van der Waals surface area contributed by atoms with Crippen LogP contribution in [0.2, 0.25) is 0 Å². The first-order chi connectivity index (χ1) is 9.65. The van der Waals surface area contributed by atoms with E-state index < -0.39 is 0 Å². The van der Waals surface area contributed by atoms with Gasteiger partial charge >= 0.3 is 0 Å². The minimum Gasteiger partial charge on any atom is -0.398 e. The number of rotatable bonds is 6. The second kappa shape index (κ2) is 6.88. The monoisotopic (exact) mass is 339 g/mol. The number of pyridine rings is 1. The number of anilines is 2. The summed E-state index contributed by atoms with van der Waals surface area (Å²) >= 11 is 3.41. The molecule has 0 aliphatic carbocycles. The molecule has 0 saturated heterocycles. The van der Waals surface area contributed by atoms with Crippen LogP contribution in [0.3, 0.4) is 0 Å². The molecule has 0 fully saturated rings. The maximum atomic E-state index is 5.99. The predicted molar refractivity (Wildman–Crippen MR) is 85.0 cm³/mol. The molecule has 20 heavy (non-hydrogen) atoms. The number of halogens is 1.